The summed E-state index contributed by atoms with van der Waals surface area (Å²) in [5.74, 6) is -1.80. The van der Waals surface area contributed by atoms with E-state index in [4.69, 9.17) is 9.47 Å². The number of aliphatic hydroxyl groups is 1. The highest BCUT2D eigenvalue weighted by atomic mass is 19.1. The van der Waals surface area contributed by atoms with Crippen LogP contribution in [0.1, 0.15) is 23.6 Å². The van der Waals surface area contributed by atoms with Crippen molar-refractivity contribution in [3.05, 3.63) is 83.7 Å². The Morgan fingerprint density at radius 1 is 1.23 bits per heavy atom. The number of hydrogen-bond acceptors (Lipinski definition) is 5. The molecule has 3 rings (SSSR count). The summed E-state index contributed by atoms with van der Waals surface area (Å²) in [6.07, 6.45) is 2.10. The Balaban J connectivity index is 2.04. The maximum atomic E-state index is 13.9. The van der Waals surface area contributed by atoms with Crippen molar-refractivity contribution in [2.24, 2.45) is 0 Å². The highest BCUT2D eigenvalue weighted by Gasteiger charge is 2.45. The molecule has 31 heavy (non-hydrogen) atoms. The first kappa shape index (κ1) is 22.2. The van der Waals surface area contributed by atoms with E-state index in [-0.39, 0.29) is 17.9 Å². The van der Waals surface area contributed by atoms with Crippen molar-refractivity contribution in [3.63, 3.8) is 0 Å². The lowest BCUT2D eigenvalue weighted by Gasteiger charge is -2.25. The van der Waals surface area contributed by atoms with Gasteiger partial charge in [-0.15, -0.1) is 0 Å². The molecule has 0 spiro atoms. The minimum Gasteiger partial charge on any atom is -0.507 e. The number of hydrogen-bond donors (Lipinski definition) is 1. The third-order valence-corrected chi connectivity index (χ3v) is 4.95. The molecule has 1 heterocycles. The van der Waals surface area contributed by atoms with Crippen molar-refractivity contribution in [1.29, 1.82) is 0 Å². The summed E-state index contributed by atoms with van der Waals surface area (Å²) in [5.41, 5.74) is 0.680. The van der Waals surface area contributed by atoms with E-state index in [1.807, 2.05) is 0 Å². The molecule has 1 N–H and O–H groups in total. The molecule has 0 bridgehead atoms. The molecule has 6 nitrogen and oxygen atoms in total. The van der Waals surface area contributed by atoms with Gasteiger partial charge in [0.15, 0.2) is 0 Å². The first-order chi connectivity index (χ1) is 15.0. The first-order valence-corrected chi connectivity index (χ1v) is 9.85. The van der Waals surface area contributed by atoms with Crippen LogP contribution in [0.3, 0.4) is 0 Å². The van der Waals surface area contributed by atoms with Gasteiger partial charge in [0.25, 0.3) is 11.7 Å². The molecule has 162 valence electrons. The number of carbonyl (C=O) groups is 2. The highest BCUT2D eigenvalue weighted by Crippen LogP contribution is 2.39. The van der Waals surface area contributed by atoms with Gasteiger partial charge in [-0.3, -0.25) is 9.59 Å². The number of nitrogens with zero attached hydrogens (tertiary/aromatic N) is 1. The second-order valence-electron chi connectivity index (χ2n) is 7.02. The molecule has 2 aromatic rings. The summed E-state index contributed by atoms with van der Waals surface area (Å²) in [4.78, 5) is 27.0. The molecular weight excluding hydrogens is 401 g/mol. The molecule has 0 unspecified atom stereocenters. The van der Waals surface area contributed by atoms with Crippen LogP contribution in [0, 0.1) is 5.82 Å². The number of ether oxygens (including phenoxy) is 2. The van der Waals surface area contributed by atoms with Crippen LogP contribution in [-0.4, -0.2) is 48.6 Å². The maximum Gasteiger partial charge on any atom is 0.295 e. The Kier molecular flexibility index (Phi) is 7.20. The van der Waals surface area contributed by atoms with Gasteiger partial charge in [0.2, 0.25) is 0 Å². The molecule has 0 saturated carbocycles. The van der Waals surface area contributed by atoms with Crippen molar-refractivity contribution < 1.29 is 28.6 Å². The summed E-state index contributed by atoms with van der Waals surface area (Å²) < 4.78 is 24.4. The lowest BCUT2D eigenvalue weighted by atomic mass is 9.95. The number of rotatable bonds is 9. The molecule has 1 aliphatic rings. The normalized spacial score (nSPS) is 17.7. The van der Waals surface area contributed by atoms with Gasteiger partial charge in [0.1, 0.15) is 23.9 Å². The van der Waals surface area contributed by atoms with E-state index in [9.17, 15) is 19.1 Å². The van der Waals surface area contributed by atoms with Crippen LogP contribution in [0.2, 0.25) is 0 Å². The summed E-state index contributed by atoms with van der Waals surface area (Å²) in [5, 5.41) is 11.0. The molecule has 0 radical (unpaired) electrons. The number of methoxy groups -OCH3 is 1. The minimum atomic E-state index is -0.899. The van der Waals surface area contributed by atoms with Gasteiger partial charge in [0, 0.05) is 25.8 Å². The average Bonchev–Trinajstić information content (AvgIpc) is 3.03. The number of ketones is 1. The van der Waals surface area contributed by atoms with Gasteiger partial charge in [0.05, 0.1) is 11.6 Å². The fraction of sp³-hybridized carbons (Fsp3) is 0.250. The van der Waals surface area contributed by atoms with Crippen LogP contribution in [0.15, 0.2) is 66.8 Å². The number of amides is 1. The number of benzene rings is 2. The van der Waals surface area contributed by atoms with Gasteiger partial charge in [-0.1, -0.05) is 24.8 Å². The SMILES string of the molecule is C=CCOc1ccc(C(O)=C2C(=O)C(=O)N(CCCOC)[C@H]2c2cccc(F)c2)cc1. The van der Waals surface area contributed by atoms with E-state index in [0.29, 0.717) is 36.5 Å². The van der Waals surface area contributed by atoms with Gasteiger partial charge in [-0.2, -0.15) is 0 Å². The highest BCUT2D eigenvalue weighted by molar-refractivity contribution is 6.46. The predicted molar refractivity (Wildman–Crippen MR) is 114 cm³/mol. The Hall–Kier alpha value is -3.45. The summed E-state index contributed by atoms with van der Waals surface area (Å²) in [7, 11) is 1.54. The lowest BCUT2D eigenvalue weighted by Crippen LogP contribution is -2.31. The third kappa shape index (κ3) is 4.83. The largest absolute Gasteiger partial charge is 0.507 e. The van der Waals surface area contributed by atoms with Crippen molar-refractivity contribution in [2.75, 3.05) is 26.9 Å². The molecule has 1 amide bonds. The average molecular weight is 425 g/mol. The minimum absolute atomic E-state index is 0.0761. The zero-order chi connectivity index (χ0) is 22.4. The molecule has 1 aliphatic heterocycles. The van der Waals surface area contributed by atoms with Crippen LogP contribution >= 0.6 is 0 Å². The van der Waals surface area contributed by atoms with Crippen LogP contribution in [-0.2, 0) is 14.3 Å². The van der Waals surface area contributed by atoms with Crippen LogP contribution < -0.4 is 4.74 Å². The molecule has 1 fully saturated rings. The van der Waals surface area contributed by atoms with Crippen molar-refractivity contribution >= 4 is 17.4 Å². The van der Waals surface area contributed by atoms with E-state index in [1.54, 1.807) is 43.5 Å². The zero-order valence-corrected chi connectivity index (χ0v) is 17.2. The molecule has 2 aromatic carbocycles. The molecule has 1 atom stereocenters. The van der Waals surface area contributed by atoms with E-state index in [2.05, 4.69) is 6.58 Å². The predicted octanol–water partition coefficient (Wildman–Crippen LogP) is 3.85. The molecule has 1 saturated heterocycles. The number of Topliss-reactive ketones (excluding diaryl/α,β-unsaturated/α-hetero) is 1. The standard InChI is InChI=1S/C24H24FNO5/c1-3-13-31-19-10-8-16(9-11-19)22(27)20-21(17-6-4-7-18(25)15-17)26(12-5-14-30-2)24(29)23(20)28/h3-4,6-11,15,21,27H,1,5,12-14H2,2H3/t21-/m0/s1. The number of halogens is 1. The van der Waals surface area contributed by atoms with Crippen LogP contribution in [0.25, 0.3) is 5.76 Å². The topological polar surface area (TPSA) is 76.1 Å². The van der Waals surface area contributed by atoms with Crippen molar-refractivity contribution in [2.45, 2.75) is 12.5 Å². The molecular formula is C24H24FNO5. The lowest BCUT2D eigenvalue weighted by molar-refractivity contribution is -0.140. The van der Waals surface area contributed by atoms with Crippen molar-refractivity contribution in [3.8, 4) is 5.75 Å². The maximum absolute atomic E-state index is 13.9. The fourth-order valence-corrected chi connectivity index (χ4v) is 3.53. The summed E-state index contributed by atoms with van der Waals surface area (Å²) in [6, 6.07) is 11.2. The number of carbonyl (C=O) groups excluding carboxylic acids is 2. The number of likely N-dealkylation sites (tertiary alicyclic amines) is 1. The van der Waals surface area contributed by atoms with E-state index in [0.717, 1.165) is 0 Å². The monoisotopic (exact) mass is 425 g/mol. The first-order valence-electron chi connectivity index (χ1n) is 9.85. The molecule has 7 heteroatoms. The summed E-state index contributed by atoms with van der Waals surface area (Å²) in [6.45, 7) is 4.54. The third-order valence-electron chi connectivity index (χ3n) is 4.95. The zero-order valence-electron chi connectivity index (χ0n) is 17.2. The van der Waals surface area contributed by atoms with E-state index < -0.39 is 23.5 Å². The summed E-state index contributed by atoms with van der Waals surface area (Å²) >= 11 is 0. The second-order valence-corrected chi connectivity index (χ2v) is 7.02. The Labute approximate surface area is 180 Å². The van der Waals surface area contributed by atoms with E-state index >= 15 is 0 Å². The van der Waals surface area contributed by atoms with Gasteiger partial charge in [-0.05, 0) is 48.4 Å². The smallest absolute Gasteiger partial charge is 0.295 e. The Bertz CT molecular complexity index is 999. The second kappa shape index (κ2) is 10.0. The quantitative estimate of drug-likeness (QED) is 0.217. The van der Waals surface area contributed by atoms with Crippen molar-refractivity contribution in [1.82, 2.24) is 4.90 Å². The molecule has 0 aliphatic carbocycles. The van der Waals surface area contributed by atoms with Crippen LogP contribution in [0.4, 0.5) is 4.39 Å². The van der Waals surface area contributed by atoms with Gasteiger partial charge in [-0.25, -0.2) is 4.39 Å². The fourth-order valence-electron chi connectivity index (χ4n) is 3.53. The number of aliphatic hydroxyl groups excluding tert-OH is 1. The van der Waals surface area contributed by atoms with Gasteiger partial charge >= 0.3 is 0 Å². The van der Waals surface area contributed by atoms with Crippen LogP contribution in [0.5, 0.6) is 5.75 Å². The van der Waals surface area contributed by atoms with Gasteiger partial charge < -0.3 is 19.5 Å². The Morgan fingerprint density at radius 3 is 2.61 bits per heavy atom. The molecule has 0 aromatic heterocycles. The Morgan fingerprint density at radius 2 is 1.97 bits per heavy atom. The van der Waals surface area contributed by atoms with E-state index in [1.165, 1.54) is 23.1 Å².